The number of aryl methyl sites for hydroxylation is 2. The summed E-state index contributed by atoms with van der Waals surface area (Å²) in [7, 11) is 3.61. The summed E-state index contributed by atoms with van der Waals surface area (Å²) in [6, 6.07) is 1.77. The number of nitrogens with zero attached hydrogens (tertiary/aromatic N) is 3. The molecule has 124 valence electrons. The molecule has 0 radical (unpaired) electrons. The summed E-state index contributed by atoms with van der Waals surface area (Å²) in [4.78, 5) is 14.0. The molecule has 1 saturated carbocycles. The van der Waals surface area contributed by atoms with Crippen LogP contribution >= 0.6 is 0 Å². The van der Waals surface area contributed by atoms with Crippen molar-refractivity contribution in [3.63, 3.8) is 0 Å². The Kier molecular flexibility index (Phi) is 5.83. The van der Waals surface area contributed by atoms with Gasteiger partial charge in [0.25, 0.3) is 0 Å². The number of urea groups is 1. The van der Waals surface area contributed by atoms with Crippen molar-refractivity contribution in [1.82, 2.24) is 14.7 Å². The molecule has 2 rings (SSSR count). The van der Waals surface area contributed by atoms with Crippen molar-refractivity contribution in [3.8, 4) is 0 Å². The van der Waals surface area contributed by atoms with Gasteiger partial charge >= 0.3 is 6.03 Å². The molecule has 2 N–H and O–H groups in total. The van der Waals surface area contributed by atoms with Gasteiger partial charge in [-0.1, -0.05) is 26.2 Å². The second-order valence-electron chi connectivity index (χ2n) is 6.32. The van der Waals surface area contributed by atoms with Crippen LogP contribution in [0.25, 0.3) is 0 Å². The molecule has 22 heavy (non-hydrogen) atoms. The van der Waals surface area contributed by atoms with E-state index in [4.69, 9.17) is 0 Å². The van der Waals surface area contributed by atoms with Crippen molar-refractivity contribution < 1.29 is 9.90 Å². The predicted molar refractivity (Wildman–Crippen MR) is 86.8 cm³/mol. The lowest BCUT2D eigenvalue weighted by molar-refractivity contribution is 0.0575. The van der Waals surface area contributed by atoms with Crippen LogP contribution < -0.4 is 5.32 Å². The first-order chi connectivity index (χ1) is 10.5. The van der Waals surface area contributed by atoms with Crippen LogP contribution in [0.3, 0.4) is 0 Å². The van der Waals surface area contributed by atoms with E-state index in [1.165, 1.54) is 0 Å². The van der Waals surface area contributed by atoms with Gasteiger partial charge in [0.1, 0.15) is 5.82 Å². The van der Waals surface area contributed by atoms with E-state index >= 15 is 0 Å². The van der Waals surface area contributed by atoms with E-state index in [9.17, 15) is 9.90 Å². The molecule has 1 aromatic rings. The minimum Gasteiger partial charge on any atom is -0.393 e. The van der Waals surface area contributed by atoms with Gasteiger partial charge in [0.05, 0.1) is 11.8 Å². The fourth-order valence-electron chi connectivity index (χ4n) is 3.06. The minimum absolute atomic E-state index is 0.149. The Morgan fingerprint density at radius 1 is 1.50 bits per heavy atom. The van der Waals surface area contributed by atoms with Crippen LogP contribution in [0.1, 0.15) is 44.7 Å². The highest BCUT2D eigenvalue weighted by atomic mass is 16.3. The summed E-state index contributed by atoms with van der Waals surface area (Å²) in [6.45, 7) is 2.70. The number of carbonyl (C=O) groups excluding carboxylic acids is 1. The Morgan fingerprint density at radius 2 is 2.23 bits per heavy atom. The van der Waals surface area contributed by atoms with E-state index in [-0.39, 0.29) is 18.1 Å². The van der Waals surface area contributed by atoms with Gasteiger partial charge in [-0.25, -0.2) is 4.79 Å². The van der Waals surface area contributed by atoms with Crippen molar-refractivity contribution in [2.24, 2.45) is 13.0 Å². The Balaban J connectivity index is 1.90. The van der Waals surface area contributed by atoms with E-state index in [2.05, 4.69) is 17.3 Å². The molecule has 6 nitrogen and oxygen atoms in total. The third kappa shape index (κ3) is 4.22. The lowest BCUT2D eigenvalue weighted by Crippen LogP contribution is -2.40. The molecule has 1 fully saturated rings. The molecule has 0 spiro atoms. The van der Waals surface area contributed by atoms with Gasteiger partial charge in [-0.3, -0.25) is 10.00 Å². The summed E-state index contributed by atoms with van der Waals surface area (Å²) >= 11 is 0. The van der Waals surface area contributed by atoms with Crippen molar-refractivity contribution in [2.45, 2.75) is 51.6 Å². The quantitative estimate of drug-likeness (QED) is 0.877. The van der Waals surface area contributed by atoms with Gasteiger partial charge in [-0.2, -0.15) is 5.10 Å². The van der Waals surface area contributed by atoms with Gasteiger partial charge in [-0.05, 0) is 19.3 Å². The monoisotopic (exact) mass is 308 g/mol. The fraction of sp³-hybridized carbons (Fsp3) is 0.750. The van der Waals surface area contributed by atoms with Crippen molar-refractivity contribution in [1.29, 1.82) is 0 Å². The average Bonchev–Trinajstić information content (AvgIpc) is 2.81. The highest BCUT2D eigenvalue weighted by Gasteiger charge is 2.25. The summed E-state index contributed by atoms with van der Waals surface area (Å²) < 4.78 is 1.70. The summed E-state index contributed by atoms with van der Waals surface area (Å²) in [5, 5.41) is 17.3. The first-order valence-corrected chi connectivity index (χ1v) is 8.24. The summed E-state index contributed by atoms with van der Waals surface area (Å²) in [6.07, 6.45) is 5.73. The Labute approximate surface area is 132 Å². The summed E-state index contributed by atoms with van der Waals surface area (Å²) in [5.41, 5.74) is 0.991. The number of amides is 2. The van der Waals surface area contributed by atoms with Crippen LogP contribution in [0.15, 0.2) is 6.07 Å². The molecular weight excluding hydrogens is 280 g/mol. The molecular formula is C16H28N4O2. The van der Waals surface area contributed by atoms with E-state index in [0.717, 1.165) is 44.2 Å². The lowest BCUT2D eigenvalue weighted by Gasteiger charge is -2.31. The normalized spacial score (nSPS) is 21.6. The molecule has 1 aliphatic carbocycles. The average molecular weight is 308 g/mol. The zero-order chi connectivity index (χ0) is 16.1. The second kappa shape index (κ2) is 7.63. The molecule has 0 aliphatic heterocycles. The zero-order valence-electron chi connectivity index (χ0n) is 13.9. The number of aliphatic hydroxyl groups is 1. The van der Waals surface area contributed by atoms with Gasteiger partial charge in [0, 0.05) is 32.6 Å². The SMILES string of the molecule is CCCc1cc(NC(=O)N(C)CC2CCCCC2O)n(C)n1. The topological polar surface area (TPSA) is 70.4 Å². The smallest absolute Gasteiger partial charge is 0.322 e. The highest BCUT2D eigenvalue weighted by Crippen LogP contribution is 2.25. The largest absolute Gasteiger partial charge is 0.393 e. The number of anilines is 1. The first kappa shape index (κ1) is 16.8. The highest BCUT2D eigenvalue weighted by molar-refractivity contribution is 5.88. The van der Waals surface area contributed by atoms with Crippen LogP contribution in [-0.2, 0) is 13.5 Å². The van der Waals surface area contributed by atoms with Gasteiger partial charge in [0.2, 0.25) is 0 Å². The van der Waals surface area contributed by atoms with Crippen LogP contribution in [0.2, 0.25) is 0 Å². The third-order valence-electron chi connectivity index (χ3n) is 4.40. The number of aliphatic hydroxyl groups excluding tert-OH is 1. The Hall–Kier alpha value is -1.56. The Morgan fingerprint density at radius 3 is 2.91 bits per heavy atom. The second-order valence-corrected chi connectivity index (χ2v) is 6.32. The number of rotatable bonds is 5. The van der Waals surface area contributed by atoms with Gasteiger partial charge in [0.15, 0.2) is 0 Å². The Bertz CT molecular complexity index is 500. The molecule has 0 saturated heterocycles. The molecule has 1 aliphatic rings. The molecule has 2 atom stereocenters. The van der Waals surface area contributed by atoms with E-state index in [0.29, 0.717) is 12.4 Å². The molecule has 2 unspecified atom stereocenters. The molecule has 6 heteroatoms. The van der Waals surface area contributed by atoms with Crippen molar-refractivity contribution in [3.05, 3.63) is 11.8 Å². The molecule has 2 amide bonds. The number of aromatic nitrogens is 2. The third-order valence-corrected chi connectivity index (χ3v) is 4.40. The van der Waals surface area contributed by atoms with Gasteiger partial charge < -0.3 is 10.0 Å². The minimum atomic E-state index is -0.281. The first-order valence-electron chi connectivity index (χ1n) is 8.24. The van der Waals surface area contributed by atoms with E-state index in [1.54, 1.807) is 16.6 Å². The summed E-state index contributed by atoms with van der Waals surface area (Å²) in [5.74, 6) is 0.899. The van der Waals surface area contributed by atoms with Crippen LogP contribution in [0.5, 0.6) is 0 Å². The van der Waals surface area contributed by atoms with E-state index < -0.39 is 0 Å². The molecule has 0 aromatic carbocycles. The van der Waals surface area contributed by atoms with Crippen molar-refractivity contribution in [2.75, 3.05) is 18.9 Å². The number of hydrogen-bond donors (Lipinski definition) is 2. The lowest BCUT2D eigenvalue weighted by atomic mass is 9.86. The zero-order valence-corrected chi connectivity index (χ0v) is 13.9. The van der Waals surface area contributed by atoms with Crippen LogP contribution in [0.4, 0.5) is 10.6 Å². The number of hydrogen-bond acceptors (Lipinski definition) is 3. The maximum atomic E-state index is 12.3. The maximum Gasteiger partial charge on any atom is 0.322 e. The van der Waals surface area contributed by atoms with E-state index in [1.807, 2.05) is 13.1 Å². The van der Waals surface area contributed by atoms with Crippen LogP contribution in [0, 0.1) is 5.92 Å². The number of nitrogens with one attached hydrogen (secondary N) is 1. The predicted octanol–water partition coefficient (Wildman–Crippen LogP) is 2.39. The fourth-order valence-corrected chi connectivity index (χ4v) is 3.06. The maximum absolute atomic E-state index is 12.3. The molecule has 1 aromatic heterocycles. The van der Waals surface area contributed by atoms with Crippen LogP contribution in [-0.4, -0.2) is 45.5 Å². The molecule has 0 bridgehead atoms. The molecule has 1 heterocycles. The standard InChI is InChI=1S/C16H28N4O2/c1-4-7-13-10-15(20(3)18-13)17-16(22)19(2)11-12-8-5-6-9-14(12)21/h10,12,14,21H,4-9,11H2,1-3H3,(H,17,22). The number of carbonyl (C=O) groups is 1. The van der Waals surface area contributed by atoms with Gasteiger partial charge in [-0.15, -0.1) is 0 Å². The van der Waals surface area contributed by atoms with Crippen molar-refractivity contribution >= 4 is 11.8 Å².